The SMILES string of the molecule is CC1CC(C)C(C)N(Cc2cn(CCN)nn2)C1. The quantitative estimate of drug-likeness (QED) is 0.870. The number of nitrogens with two attached hydrogens (primary N) is 1. The maximum absolute atomic E-state index is 5.51. The Morgan fingerprint density at radius 3 is 2.89 bits per heavy atom. The lowest BCUT2D eigenvalue weighted by Gasteiger charge is -2.40. The summed E-state index contributed by atoms with van der Waals surface area (Å²) in [5.41, 5.74) is 6.57. The molecule has 2 heterocycles. The van der Waals surface area contributed by atoms with Gasteiger partial charge in [0.2, 0.25) is 0 Å². The van der Waals surface area contributed by atoms with Gasteiger partial charge < -0.3 is 5.73 Å². The fourth-order valence-corrected chi connectivity index (χ4v) is 2.90. The molecule has 0 spiro atoms. The Balaban J connectivity index is 1.98. The van der Waals surface area contributed by atoms with E-state index in [9.17, 15) is 0 Å². The Morgan fingerprint density at radius 2 is 2.17 bits per heavy atom. The summed E-state index contributed by atoms with van der Waals surface area (Å²) in [6.45, 7) is 10.4. The van der Waals surface area contributed by atoms with Gasteiger partial charge in [0.25, 0.3) is 0 Å². The highest BCUT2D eigenvalue weighted by Crippen LogP contribution is 2.27. The van der Waals surface area contributed by atoms with Crippen LogP contribution in [0.25, 0.3) is 0 Å². The van der Waals surface area contributed by atoms with Crippen molar-refractivity contribution in [2.75, 3.05) is 13.1 Å². The van der Waals surface area contributed by atoms with E-state index in [1.54, 1.807) is 0 Å². The fraction of sp³-hybridized carbons (Fsp3) is 0.846. The van der Waals surface area contributed by atoms with E-state index in [2.05, 4.69) is 36.0 Å². The van der Waals surface area contributed by atoms with Crippen LogP contribution in [-0.4, -0.2) is 39.0 Å². The van der Waals surface area contributed by atoms with Gasteiger partial charge in [-0.25, -0.2) is 0 Å². The molecule has 102 valence electrons. The van der Waals surface area contributed by atoms with Crippen molar-refractivity contribution in [1.82, 2.24) is 19.9 Å². The van der Waals surface area contributed by atoms with Crippen molar-refractivity contribution < 1.29 is 0 Å². The standard InChI is InChI=1S/C13H25N5/c1-10-6-11(2)12(3)17(7-10)8-13-9-18(5-4-14)16-15-13/h9-12H,4-8,14H2,1-3H3. The third-order valence-electron chi connectivity index (χ3n) is 4.03. The summed E-state index contributed by atoms with van der Waals surface area (Å²) in [6, 6.07) is 0.626. The lowest BCUT2D eigenvalue weighted by atomic mass is 9.86. The summed E-state index contributed by atoms with van der Waals surface area (Å²) in [5, 5.41) is 8.32. The van der Waals surface area contributed by atoms with Crippen LogP contribution in [0.4, 0.5) is 0 Å². The van der Waals surface area contributed by atoms with Crippen molar-refractivity contribution in [2.24, 2.45) is 17.6 Å². The largest absolute Gasteiger partial charge is 0.329 e. The van der Waals surface area contributed by atoms with E-state index < -0.39 is 0 Å². The number of likely N-dealkylation sites (tertiary alicyclic amines) is 1. The smallest absolute Gasteiger partial charge is 0.0967 e. The first kappa shape index (κ1) is 13.5. The average Bonchev–Trinajstić information content (AvgIpc) is 2.73. The number of nitrogens with zero attached hydrogens (tertiary/aromatic N) is 4. The van der Waals surface area contributed by atoms with Crippen molar-refractivity contribution in [3.05, 3.63) is 11.9 Å². The second kappa shape index (κ2) is 5.80. The van der Waals surface area contributed by atoms with Gasteiger partial charge in [-0.3, -0.25) is 9.58 Å². The molecule has 1 aromatic heterocycles. The summed E-state index contributed by atoms with van der Waals surface area (Å²) in [7, 11) is 0. The molecule has 0 bridgehead atoms. The van der Waals surface area contributed by atoms with Crippen LogP contribution in [0.5, 0.6) is 0 Å². The minimum absolute atomic E-state index is 0.608. The van der Waals surface area contributed by atoms with E-state index in [0.717, 1.165) is 37.2 Å². The number of aromatic nitrogens is 3. The van der Waals surface area contributed by atoms with Crippen LogP contribution >= 0.6 is 0 Å². The number of hydrogen-bond acceptors (Lipinski definition) is 4. The highest BCUT2D eigenvalue weighted by atomic mass is 15.4. The van der Waals surface area contributed by atoms with Gasteiger partial charge in [-0.05, 0) is 25.2 Å². The van der Waals surface area contributed by atoms with E-state index in [-0.39, 0.29) is 0 Å². The van der Waals surface area contributed by atoms with Crippen LogP contribution < -0.4 is 5.73 Å². The van der Waals surface area contributed by atoms with Crippen molar-refractivity contribution in [3.63, 3.8) is 0 Å². The van der Waals surface area contributed by atoms with Crippen LogP contribution in [0.1, 0.15) is 32.9 Å². The van der Waals surface area contributed by atoms with Crippen molar-refractivity contribution >= 4 is 0 Å². The first-order valence-electron chi connectivity index (χ1n) is 6.93. The molecule has 0 radical (unpaired) electrons. The first-order chi connectivity index (χ1) is 8.60. The highest BCUT2D eigenvalue weighted by Gasteiger charge is 2.29. The number of hydrogen-bond donors (Lipinski definition) is 1. The molecular weight excluding hydrogens is 226 g/mol. The minimum atomic E-state index is 0.608. The topological polar surface area (TPSA) is 60.0 Å². The van der Waals surface area contributed by atoms with Crippen LogP contribution in [0.15, 0.2) is 6.20 Å². The Morgan fingerprint density at radius 1 is 1.39 bits per heavy atom. The molecule has 1 fully saturated rings. The third kappa shape index (κ3) is 3.09. The average molecular weight is 251 g/mol. The molecule has 3 atom stereocenters. The van der Waals surface area contributed by atoms with Gasteiger partial charge in [-0.15, -0.1) is 5.10 Å². The molecule has 1 aromatic rings. The van der Waals surface area contributed by atoms with Crippen molar-refractivity contribution in [2.45, 2.75) is 46.3 Å². The van der Waals surface area contributed by atoms with E-state index in [0.29, 0.717) is 12.6 Å². The van der Waals surface area contributed by atoms with Crippen LogP contribution in [0.3, 0.4) is 0 Å². The van der Waals surface area contributed by atoms with Crippen LogP contribution in [-0.2, 0) is 13.1 Å². The third-order valence-corrected chi connectivity index (χ3v) is 4.03. The van der Waals surface area contributed by atoms with Gasteiger partial charge >= 0.3 is 0 Å². The van der Waals surface area contributed by atoms with Gasteiger partial charge in [0.05, 0.1) is 12.2 Å². The summed E-state index contributed by atoms with van der Waals surface area (Å²) >= 11 is 0. The molecule has 5 heteroatoms. The van der Waals surface area contributed by atoms with Crippen LogP contribution in [0, 0.1) is 11.8 Å². The highest BCUT2D eigenvalue weighted by molar-refractivity contribution is 4.95. The molecule has 1 saturated heterocycles. The van der Waals surface area contributed by atoms with E-state index in [1.165, 1.54) is 6.42 Å². The Labute approximate surface area is 109 Å². The van der Waals surface area contributed by atoms with E-state index in [1.807, 2.05) is 10.9 Å². The lowest BCUT2D eigenvalue weighted by Crippen LogP contribution is -2.45. The van der Waals surface area contributed by atoms with E-state index in [4.69, 9.17) is 5.73 Å². The molecule has 2 N–H and O–H groups in total. The Hall–Kier alpha value is -0.940. The summed E-state index contributed by atoms with van der Waals surface area (Å²) in [5.74, 6) is 1.53. The number of rotatable bonds is 4. The zero-order valence-electron chi connectivity index (χ0n) is 11.7. The predicted octanol–water partition coefficient (Wildman–Crippen LogP) is 1.10. The summed E-state index contributed by atoms with van der Waals surface area (Å²) in [4.78, 5) is 2.52. The lowest BCUT2D eigenvalue weighted by molar-refractivity contribution is 0.0718. The molecule has 1 aliphatic heterocycles. The fourth-order valence-electron chi connectivity index (χ4n) is 2.90. The Kier molecular flexibility index (Phi) is 4.35. The summed E-state index contributed by atoms with van der Waals surface area (Å²) in [6.07, 6.45) is 3.35. The molecule has 3 unspecified atom stereocenters. The molecule has 5 nitrogen and oxygen atoms in total. The maximum Gasteiger partial charge on any atom is 0.0967 e. The zero-order valence-corrected chi connectivity index (χ0v) is 11.7. The van der Waals surface area contributed by atoms with Gasteiger partial charge in [0.15, 0.2) is 0 Å². The monoisotopic (exact) mass is 251 g/mol. The van der Waals surface area contributed by atoms with Gasteiger partial charge in [0, 0.05) is 31.9 Å². The van der Waals surface area contributed by atoms with Gasteiger partial charge in [-0.2, -0.15) is 0 Å². The molecular formula is C13H25N5. The van der Waals surface area contributed by atoms with Gasteiger partial charge in [-0.1, -0.05) is 19.1 Å². The molecule has 0 aliphatic carbocycles. The molecule has 0 aromatic carbocycles. The van der Waals surface area contributed by atoms with E-state index >= 15 is 0 Å². The summed E-state index contributed by atoms with van der Waals surface area (Å²) < 4.78 is 1.83. The molecule has 2 rings (SSSR count). The maximum atomic E-state index is 5.51. The Bertz CT molecular complexity index is 375. The minimum Gasteiger partial charge on any atom is -0.329 e. The molecule has 1 aliphatic rings. The number of piperidine rings is 1. The molecule has 0 amide bonds. The normalized spacial score (nSPS) is 29.7. The van der Waals surface area contributed by atoms with Crippen molar-refractivity contribution in [1.29, 1.82) is 0 Å². The first-order valence-corrected chi connectivity index (χ1v) is 6.93. The second-order valence-corrected chi connectivity index (χ2v) is 5.75. The van der Waals surface area contributed by atoms with Gasteiger partial charge in [0.1, 0.15) is 0 Å². The van der Waals surface area contributed by atoms with Crippen LogP contribution in [0.2, 0.25) is 0 Å². The second-order valence-electron chi connectivity index (χ2n) is 5.75. The molecule has 0 saturated carbocycles. The molecule has 18 heavy (non-hydrogen) atoms. The zero-order chi connectivity index (χ0) is 13.1. The van der Waals surface area contributed by atoms with Crippen molar-refractivity contribution in [3.8, 4) is 0 Å². The predicted molar refractivity (Wildman–Crippen MR) is 71.9 cm³/mol.